The van der Waals surface area contributed by atoms with Crippen molar-refractivity contribution in [2.75, 3.05) is 6.54 Å². The lowest BCUT2D eigenvalue weighted by atomic mass is 9.96. The molecule has 0 radical (unpaired) electrons. The van der Waals surface area contributed by atoms with Crippen LogP contribution in [0, 0.1) is 5.82 Å². The van der Waals surface area contributed by atoms with Gasteiger partial charge in [0.05, 0.1) is 6.10 Å². The third-order valence-electron chi connectivity index (χ3n) is 2.65. The van der Waals surface area contributed by atoms with E-state index in [0.717, 1.165) is 18.5 Å². The quantitative estimate of drug-likeness (QED) is 0.713. The molecular weight excluding hydrogens is 181 g/mol. The lowest BCUT2D eigenvalue weighted by Crippen LogP contribution is -2.34. The van der Waals surface area contributed by atoms with E-state index in [1.165, 1.54) is 12.1 Å². The van der Waals surface area contributed by atoms with Gasteiger partial charge < -0.3 is 10.4 Å². The molecule has 0 unspecified atom stereocenters. The van der Waals surface area contributed by atoms with Gasteiger partial charge in [-0.25, -0.2) is 4.39 Å². The SMILES string of the molecule is O[C@H]1CCN[C@H](c2ccc(F)cc2)C1. The molecule has 1 aliphatic rings. The minimum atomic E-state index is -0.230. The molecule has 2 atom stereocenters. The van der Waals surface area contributed by atoms with Crippen molar-refractivity contribution in [2.45, 2.75) is 25.0 Å². The lowest BCUT2D eigenvalue weighted by molar-refractivity contribution is 0.116. The first kappa shape index (κ1) is 9.62. The van der Waals surface area contributed by atoms with E-state index in [4.69, 9.17) is 0 Å². The van der Waals surface area contributed by atoms with E-state index >= 15 is 0 Å². The molecule has 2 rings (SSSR count). The Morgan fingerprint density at radius 2 is 2.00 bits per heavy atom. The molecule has 2 nitrogen and oxygen atoms in total. The van der Waals surface area contributed by atoms with Crippen LogP contribution in [0.5, 0.6) is 0 Å². The van der Waals surface area contributed by atoms with Gasteiger partial charge in [0.1, 0.15) is 5.82 Å². The van der Waals surface area contributed by atoms with E-state index in [9.17, 15) is 9.50 Å². The minimum absolute atomic E-state index is 0.166. The highest BCUT2D eigenvalue weighted by atomic mass is 19.1. The maximum absolute atomic E-state index is 12.7. The molecule has 0 saturated carbocycles. The molecule has 3 heteroatoms. The zero-order chi connectivity index (χ0) is 9.97. The van der Waals surface area contributed by atoms with Crippen molar-refractivity contribution in [3.8, 4) is 0 Å². The summed E-state index contributed by atoms with van der Waals surface area (Å²) in [5, 5.41) is 12.8. The van der Waals surface area contributed by atoms with Gasteiger partial charge >= 0.3 is 0 Å². The van der Waals surface area contributed by atoms with E-state index < -0.39 is 0 Å². The van der Waals surface area contributed by atoms with Gasteiger partial charge in [0.25, 0.3) is 0 Å². The Morgan fingerprint density at radius 3 is 2.64 bits per heavy atom. The molecule has 1 aromatic carbocycles. The number of rotatable bonds is 1. The van der Waals surface area contributed by atoms with Crippen LogP contribution in [0.2, 0.25) is 0 Å². The largest absolute Gasteiger partial charge is 0.393 e. The van der Waals surface area contributed by atoms with Gasteiger partial charge in [-0.15, -0.1) is 0 Å². The number of hydrogen-bond donors (Lipinski definition) is 2. The predicted molar refractivity (Wildman–Crippen MR) is 52.4 cm³/mol. The third kappa shape index (κ3) is 2.11. The number of aliphatic hydroxyl groups is 1. The molecular formula is C11H14FNO. The van der Waals surface area contributed by atoms with Crippen molar-refractivity contribution in [3.05, 3.63) is 35.6 Å². The van der Waals surface area contributed by atoms with E-state index in [-0.39, 0.29) is 18.0 Å². The van der Waals surface area contributed by atoms with Crippen molar-refractivity contribution in [2.24, 2.45) is 0 Å². The molecule has 1 aromatic rings. The summed E-state index contributed by atoms with van der Waals surface area (Å²) in [5.74, 6) is -0.217. The summed E-state index contributed by atoms with van der Waals surface area (Å²) in [4.78, 5) is 0. The fraction of sp³-hybridized carbons (Fsp3) is 0.455. The second-order valence-electron chi connectivity index (χ2n) is 3.74. The number of aliphatic hydroxyl groups excluding tert-OH is 1. The van der Waals surface area contributed by atoms with Crippen LogP contribution < -0.4 is 5.32 Å². The standard InChI is InChI=1S/C11H14FNO/c12-9-3-1-8(2-4-9)11-7-10(14)5-6-13-11/h1-4,10-11,13-14H,5-7H2/t10-,11-/m0/s1. The molecule has 0 amide bonds. The van der Waals surface area contributed by atoms with Crippen molar-refractivity contribution < 1.29 is 9.50 Å². The maximum atomic E-state index is 12.7. The first-order valence-corrected chi connectivity index (χ1v) is 4.92. The highest BCUT2D eigenvalue weighted by Crippen LogP contribution is 2.23. The van der Waals surface area contributed by atoms with Crippen LogP contribution >= 0.6 is 0 Å². The summed E-state index contributed by atoms with van der Waals surface area (Å²) in [6.45, 7) is 0.823. The van der Waals surface area contributed by atoms with Gasteiger partial charge in [-0.1, -0.05) is 12.1 Å². The fourth-order valence-corrected chi connectivity index (χ4v) is 1.85. The Bertz CT molecular complexity index is 299. The van der Waals surface area contributed by atoms with E-state index in [1.807, 2.05) is 0 Å². The average molecular weight is 195 g/mol. The first-order valence-electron chi connectivity index (χ1n) is 4.92. The zero-order valence-corrected chi connectivity index (χ0v) is 7.91. The number of hydrogen-bond acceptors (Lipinski definition) is 2. The van der Waals surface area contributed by atoms with Gasteiger partial charge in [-0.2, -0.15) is 0 Å². The van der Waals surface area contributed by atoms with Crippen LogP contribution in [0.15, 0.2) is 24.3 Å². The van der Waals surface area contributed by atoms with E-state index in [0.29, 0.717) is 6.42 Å². The number of piperidine rings is 1. The Balaban J connectivity index is 2.10. The van der Waals surface area contributed by atoms with Gasteiger partial charge in [-0.05, 0) is 37.1 Å². The van der Waals surface area contributed by atoms with Crippen LogP contribution in [0.1, 0.15) is 24.4 Å². The van der Waals surface area contributed by atoms with E-state index in [1.54, 1.807) is 12.1 Å². The fourth-order valence-electron chi connectivity index (χ4n) is 1.85. The van der Waals surface area contributed by atoms with Gasteiger partial charge in [0.15, 0.2) is 0 Å². The van der Waals surface area contributed by atoms with Crippen LogP contribution in [0.4, 0.5) is 4.39 Å². The molecule has 0 aromatic heterocycles. The van der Waals surface area contributed by atoms with Crippen LogP contribution in [-0.2, 0) is 0 Å². The van der Waals surface area contributed by atoms with Crippen molar-refractivity contribution in [1.29, 1.82) is 0 Å². The van der Waals surface area contributed by atoms with Gasteiger partial charge in [0, 0.05) is 6.04 Å². The highest BCUT2D eigenvalue weighted by molar-refractivity contribution is 5.20. The normalized spacial score (nSPS) is 27.6. The second kappa shape index (κ2) is 4.07. The van der Waals surface area contributed by atoms with Crippen molar-refractivity contribution >= 4 is 0 Å². The zero-order valence-electron chi connectivity index (χ0n) is 7.91. The summed E-state index contributed by atoms with van der Waals surface area (Å²) in [6.07, 6.45) is 1.29. The monoisotopic (exact) mass is 195 g/mol. The van der Waals surface area contributed by atoms with Crippen LogP contribution in [0.3, 0.4) is 0 Å². The minimum Gasteiger partial charge on any atom is -0.393 e. The molecule has 1 aliphatic heterocycles. The average Bonchev–Trinajstić information content (AvgIpc) is 2.19. The highest BCUT2D eigenvalue weighted by Gasteiger charge is 2.20. The van der Waals surface area contributed by atoms with E-state index in [2.05, 4.69) is 5.32 Å². The summed E-state index contributed by atoms with van der Waals surface area (Å²) >= 11 is 0. The number of nitrogens with one attached hydrogen (secondary N) is 1. The first-order chi connectivity index (χ1) is 6.75. The molecule has 1 fully saturated rings. The Kier molecular flexibility index (Phi) is 2.79. The summed E-state index contributed by atoms with van der Waals surface area (Å²) < 4.78 is 12.7. The second-order valence-corrected chi connectivity index (χ2v) is 3.74. The van der Waals surface area contributed by atoms with Gasteiger partial charge in [-0.3, -0.25) is 0 Å². The molecule has 76 valence electrons. The molecule has 0 aliphatic carbocycles. The number of halogens is 1. The molecule has 1 heterocycles. The Morgan fingerprint density at radius 1 is 1.29 bits per heavy atom. The molecule has 2 N–H and O–H groups in total. The Labute approximate surface area is 82.8 Å². The van der Waals surface area contributed by atoms with Gasteiger partial charge in [0.2, 0.25) is 0 Å². The predicted octanol–water partition coefficient (Wildman–Crippen LogP) is 1.61. The summed E-state index contributed by atoms with van der Waals surface area (Å²) in [6, 6.07) is 6.62. The molecule has 0 bridgehead atoms. The van der Waals surface area contributed by atoms with Crippen molar-refractivity contribution in [1.82, 2.24) is 5.32 Å². The third-order valence-corrected chi connectivity index (χ3v) is 2.65. The van der Waals surface area contributed by atoms with Crippen LogP contribution in [0.25, 0.3) is 0 Å². The maximum Gasteiger partial charge on any atom is 0.123 e. The molecule has 1 saturated heterocycles. The Hall–Kier alpha value is -0.930. The summed E-state index contributed by atoms with van der Waals surface area (Å²) in [5.41, 5.74) is 1.05. The molecule has 0 spiro atoms. The van der Waals surface area contributed by atoms with Crippen LogP contribution in [-0.4, -0.2) is 17.8 Å². The van der Waals surface area contributed by atoms with Crippen molar-refractivity contribution in [3.63, 3.8) is 0 Å². The topological polar surface area (TPSA) is 32.3 Å². The summed E-state index contributed by atoms with van der Waals surface area (Å²) in [7, 11) is 0. The lowest BCUT2D eigenvalue weighted by Gasteiger charge is -2.27. The number of benzene rings is 1. The molecule has 14 heavy (non-hydrogen) atoms. The smallest absolute Gasteiger partial charge is 0.123 e.